The molecule has 4 N–H and O–H groups in total. The number of carboxylic acids is 1. The zero-order valence-corrected chi connectivity index (χ0v) is 9.28. The van der Waals surface area contributed by atoms with Gasteiger partial charge in [0, 0.05) is 21.6 Å². The van der Waals surface area contributed by atoms with E-state index in [2.05, 4.69) is 20.9 Å². The largest absolute Gasteiger partial charge is 0.480 e. The molecule has 2 aromatic rings. The highest BCUT2D eigenvalue weighted by molar-refractivity contribution is 9.10. The first kappa shape index (κ1) is 10.2. The molecule has 1 aromatic carbocycles. The van der Waals surface area contributed by atoms with Gasteiger partial charge in [0.15, 0.2) is 0 Å². The molecular weight excluding hydrogens is 260 g/mol. The number of fused-ring (bicyclic) bond motifs is 1. The molecule has 0 spiro atoms. The fourth-order valence-corrected chi connectivity index (χ4v) is 2.01. The maximum atomic E-state index is 10.8. The van der Waals surface area contributed by atoms with Gasteiger partial charge in [0.25, 0.3) is 0 Å². The monoisotopic (exact) mass is 268 g/mol. The van der Waals surface area contributed by atoms with Crippen molar-refractivity contribution >= 4 is 32.8 Å². The molecule has 1 heterocycles. The summed E-state index contributed by atoms with van der Waals surface area (Å²) in [7, 11) is 0. The van der Waals surface area contributed by atoms with Gasteiger partial charge < -0.3 is 15.8 Å². The number of aliphatic carboxylic acids is 1. The summed E-state index contributed by atoms with van der Waals surface area (Å²) in [5.41, 5.74) is 7.02. The molecule has 15 heavy (non-hydrogen) atoms. The van der Waals surface area contributed by atoms with Crippen molar-refractivity contribution in [3.8, 4) is 0 Å². The van der Waals surface area contributed by atoms with Crippen LogP contribution in [0, 0.1) is 0 Å². The third-order valence-corrected chi connectivity index (χ3v) is 2.96. The van der Waals surface area contributed by atoms with E-state index < -0.39 is 12.0 Å². The summed E-state index contributed by atoms with van der Waals surface area (Å²) in [6.07, 6.45) is 1.63. The summed E-state index contributed by atoms with van der Waals surface area (Å²) in [6.45, 7) is 0. The van der Waals surface area contributed by atoms with Crippen LogP contribution in [0.4, 0.5) is 0 Å². The van der Waals surface area contributed by atoms with Crippen LogP contribution in [0.2, 0.25) is 0 Å². The Morgan fingerprint density at radius 3 is 2.93 bits per heavy atom. The minimum Gasteiger partial charge on any atom is -0.480 e. The Morgan fingerprint density at radius 2 is 2.27 bits per heavy atom. The SMILES string of the molecule is NC(C(=O)O)c1c[nH]c2c(Br)cccc12. The molecule has 0 aliphatic rings. The lowest BCUT2D eigenvalue weighted by atomic mass is 10.1. The fourth-order valence-electron chi connectivity index (χ4n) is 1.53. The van der Waals surface area contributed by atoms with Crippen LogP contribution in [0.3, 0.4) is 0 Å². The van der Waals surface area contributed by atoms with Crippen LogP contribution < -0.4 is 5.73 Å². The van der Waals surface area contributed by atoms with Gasteiger partial charge in [-0.15, -0.1) is 0 Å². The van der Waals surface area contributed by atoms with Gasteiger partial charge >= 0.3 is 5.97 Å². The Hall–Kier alpha value is -1.33. The number of H-pyrrole nitrogens is 1. The van der Waals surface area contributed by atoms with E-state index in [1.807, 2.05) is 18.2 Å². The van der Waals surface area contributed by atoms with Crippen molar-refractivity contribution in [1.29, 1.82) is 0 Å². The number of carboxylic acid groups (broad SMARTS) is 1. The number of nitrogens with one attached hydrogen (secondary N) is 1. The number of hydrogen-bond acceptors (Lipinski definition) is 2. The van der Waals surface area contributed by atoms with Crippen LogP contribution >= 0.6 is 15.9 Å². The molecule has 0 bridgehead atoms. The Bertz CT molecular complexity index is 521. The molecule has 0 saturated heterocycles. The molecule has 0 amide bonds. The third-order valence-electron chi connectivity index (χ3n) is 2.30. The summed E-state index contributed by atoms with van der Waals surface area (Å²) in [5.74, 6) is -1.03. The summed E-state index contributed by atoms with van der Waals surface area (Å²) in [5, 5.41) is 9.66. The lowest BCUT2D eigenvalue weighted by Crippen LogP contribution is -2.20. The number of aromatic nitrogens is 1. The number of benzene rings is 1. The van der Waals surface area contributed by atoms with Crippen molar-refractivity contribution in [2.45, 2.75) is 6.04 Å². The van der Waals surface area contributed by atoms with Crippen molar-refractivity contribution in [2.24, 2.45) is 5.73 Å². The van der Waals surface area contributed by atoms with E-state index >= 15 is 0 Å². The number of nitrogens with two attached hydrogens (primary N) is 1. The van der Waals surface area contributed by atoms with Gasteiger partial charge in [-0.2, -0.15) is 0 Å². The zero-order valence-electron chi connectivity index (χ0n) is 7.70. The second-order valence-electron chi connectivity index (χ2n) is 3.22. The number of rotatable bonds is 2. The first-order valence-electron chi connectivity index (χ1n) is 4.35. The first-order chi connectivity index (χ1) is 7.11. The van der Waals surface area contributed by atoms with E-state index in [9.17, 15) is 4.79 Å². The molecule has 4 nitrogen and oxygen atoms in total. The molecule has 1 unspecified atom stereocenters. The third kappa shape index (κ3) is 1.64. The Kier molecular flexibility index (Phi) is 2.50. The minimum absolute atomic E-state index is 0.596. The van der Waals surface area contributed by atoms with Crippen molar-refractivity contribution in [3.05, 3.63) is 34.4 Å². The topological polar surface area (TPSA) is 79.1 Å². The van der Waals surface area contributed by atoms with Gasteiger partial charge in [-0.1, -0.05) is 12.1 Å². The summed E-state index contributed by atoms with van der Waals surface area (Å²) in [6, 6.07) is 4.58. The van der Waals surface area contributed by atoms with Gasteiger partial charge in [-0.25, -0.2) is 0 Å². The highest BCUT2D eigenvalue weighted by Gasteiger charge is 2.18. The van der Waals surface area contributed by atoms with E-state index in [0.717, 1.165) is 15.4 Å². The molecule has 0 radical (unpaired) electrons. The second kappa shape index (κ2) is 3.67. The maximum Gasteiger partial charge on any atom is 0.325 e. The first-order valence-corrected chi connectivity index (χ1v) is 5.14. The van der Waals surface area contributed by atoms with E-state index in [1.54, 1.807) is 6.20 Å². The van der Waals surface area contributed by atoms with Crippen LogP contribution in [0.25, 0.3) is 10.9 Å². The van der Waals surface area contributed by atoms with Gasteiger partial charge in [0.05, 0.1) is 5.52 Å². The van der Waals surface area contributed by atoms with Crippen LogP contribution in [-0.2, 0) is 4.79 Å². The number of hydrogen-bond donors (Lipinski definition) is 3. The molecule has 0 aliphatic carbocycles. The van der Waals surface area contributed by atoms with Crippen LogP contribution in [0.5, 0.6) is 0 Å². The van der Waals surface area contributed by atoms with E-state index in [0.29, 0.717) is 5.56 Å². The number of carbonyl (C=O) groups is 1. The average molecular weight is 269 g/mol. The van der Waals surface area contributed by atoms with Crippen molar-refractivity contribution < 1.29 is 9.90 Å². The van der Waals surface area contributed by atoms with Crippen LogP contribution in [0.1, 0.15) is 11.6 Å². The molecule has 78 valence electrons. The van der Waals surface area contributed by atoms with Gasteiger partial charge in [-0.3, -0.25) is 4.79 Å². The van der Waals surface area contributed by atoms with E-state index in [4.69, 9.17) is 10.8 Å². The van der Waals surface area contributed by atoms with Gasteiger partial charge in [-0.05, 0) is 22.0 Å². The molecule has 1 atom stereocenters. The van der Waals surface area contributed by atoms with Crippen molar-refractivity contribution in [1.82, 2.24) is 4.98 Å². The minimum atomic E-state index is -1.03. The lowest BCUT2D eigenvalue weighted by molar-refractivity contribution is -0.138. The Balaban J connectivity index is 2.64. The fraction of sp³-hybridized carbons (Fsp3) is 0.100. The Labute approximate surface area is 94.2 Å². The molecule has 0 fully saturated rings. The molecule has 0 saturated carbocycles. The highest BCUT2D eigenvalue weighted by Crippen LogP contribution is 2.28. The molecule has 5 heteroatoms. The smallest absolute Gasteiger partial charge is 0.325 e. The van der Waals surface area contributed by atoms with Crippen molar-refractivity contribution in [2.75, 3.05) is 0 Å². The predicted octanol–water partition coefficient (Wildman–Crippen LogP) is 2.01. The molecule has 1 aromatic heterocycles. The van der Waals surface area contributed by atoms with E-state index in [1.165, 1.54) is 0 Å². The maximum absolute atomic E-state index is 10.8. The number of halogens is 1. The highest BCUT2D eigenvalue weighted by atomic mass is 79.9. The van der Waals surface area contributed by atoms with E-state index in [-0.39, 0.29) is 0 Å². The standard InChI is InChI=1S/C10H9BrN2O2/c11-7-3-1-2-5-6(4-13-9(5)7)8(12)10(14)15/h1-4,8,13H,12H2,(H,14,15). The summed E-state index contributed by atoms with van der Waals surface area (Å²) < 4.78 is 0.892. The van der Waals surface area contributed by atoms with Gasteiger partial charge in [0.2, 0.25) is 0 Å². The van der Waals surface area contributed by atoms with Crippen molar-refractivity contribution in [3.63, 3.8) is 0 Å². The quantitative estimate of drug-likeness (QED) is 0.780. The zero-order chi connectivity index (χ0) is 11.0. The molecule has 2 rings (SSSR count). The van der Waals surface area contributed by atoms with Crippen LogP contribution in [0.15, 0.2) is 28.9 Å². The normalized spacial score (nSPS) is 12.9. The number of para-hydroxylation sites is 1. The average Bonchev–Trinajstić information content (AvgIpc) is 2.61. The summed E-state index contributed by atoms with van der Waals surface area (Å²) >= 11 is 3.38. The Morgan fingerprint density at radius 1 is 1.53 bits per heavy atom. The number of aromatic amines is 1. The predicted molar refractivity (Wildman–Crippen MR) is 60.6 cm³/mol. The van der Waals surface area contributed by atoms with Gasteiger partial charge in [0.1, 0.15) is 6.04 Å². The lowest BCUT2D eigenvalue weighted by Gasteiger charge is -2.04. The summed E-state index contributed by atoms with van der Waals surface area (Å²) in [4.78, 5) is 13.8. The molecular formula is C10H9BrN2O2. The second-order valence-corrected chi connectivity index (χ2v) is 4.08. The molecule has 0 aliphatic heterocycles. The van der Waals surface area contributed by atoms with Crippen LogP contribution in [-0.4, -0.2) is 16.1 Å².